The molecule has 0 aliphatic rings. The number of hydrogen-bond acceptors (Lipinski definition) is 4. The van der Waals surface area contributed by atoms with Crippen molar-refractivity contribution in [3.05, 3.63) is 28.3 Å². The molecule has 0 spiro atoms. The summed E-state index contributed by atoms with van der Waals surface area (Å²) in [6, 6.07) is 3.61. The van der Waals surface area contributed by atoms with Gasteiger partial charge in [-0.15, -0.1) is 11.3 Å². The first-order valence-corrected chi connectivity index (χ1v) is 6.81. The maximum absolute atomic E-state index is 11.8. The van der Waals surface area contributed by atoms with Crippen molar-refractivity contribution in [1.29, 1.82) is 0 Å². The number of rotatable bonds is 4. The van der Waals surface area contributed by atoms with Crippen LogP contribution in [-0.4, -0.2) is 16.9 Å². The van der Waals surface area contributed by atoms with Gasteiger partial charge in [-0.1, -0.05) is 6.92 Å². The normalized spacial score (nSPS) is 12.4. The van der Waals surface area contributed by atoms with Crippen LogP contribution in [-0.2, 0) is 0 Å². The Morgan fingerprint density at radius 3 is 2.94 bits per heavy atom. The topological polar surface area (TPSA) is 55.1 Å². The summed E-state index contributed by atoms with van der Waals surface area (Å²) in [4.78, 5) is 16.2. The Bertz CT molecular complexity index is 545. The quantitative estimate of drug-likeness (QED) is 0.922. The number of furan rings is 1. The Morgan fingerprint density at radius 2 is 2.33 bits per heavy atom. The SMILES string of the molecule is CCC(C)NC(=O)c1ccc(-c2csc(C)n2)o1. The molecule has 2 rings (SSSR count). The van der Waals surface area contributed by atoms with Gasteiger partial charge in [0.05, 0.1) is 5.01 Å². The number of thiazole rings is 1. The fourth-order valence-electron chi connectivity index (χ4n) is 1.47. The number of hydrogen-bond donors (Lipinski definition) is 1. The van der Waals surface area contributed by atoms with Crippen LogP contribution in [0.2, 0.25) is 0 Å². The van der Waals surface area contributed by atoms with Gasteiger partial charge in [0.15, 0.2) is 11.5 Å². The minimum absolute atomic E-state index is 0.146. The number of nitrogens with zero attached hydrogens (tertiary/aromatic N) is 1. The summed E-state index contributed by atoms with van der Waals surface area (Å²) in [6.45, 7) is 5.93. The summed E-state index contributed by atoms with van der Waals surface area (Å²) in [5, 5.41) is 5.77. The van der Waals surface area contributed by atoms with Gasteiger partial charge in [0.2, 0.25) is 0 Å². The molecule has 96 valence electrons. The molecule has 4 nitrogen and oxygen atoms in total. The predicted octanol–water partition coefficient (Wildman–Crippen LogP) is 3.24. The second-order valence-corrected chi connectivity index (χ2v) is 5.26. The third kappa shape index (κ3) is 2.79. The Kier molecular flexibility index (Phi) is 3.81. The van der Waals surface area contributed by atoms with Gasteiger partial charge in [0, 0.05) is 11.4 Å². The number of carbonyl (C=O) groups is 1. The molecule has 0 aromatic carbocycles. The second-order valence-electron chi connectivity index (χ2n) is 4.20. The lowest BCUT2D eigenvalue weighted by molar-refractivity contribution is 0.0912. The van der Waals surface area contributed by atoms with Crippen molar-refractivity contribution in [3.63, 3.8) is 0 Å². The highest BCUT2D eigenvalue weighted by molar-refractivity contribution is 7.09. The summed E-state index contributed by atoms with van der Waals surface area (Å²) in [7, 11) is 0. The summed E-state index contributed by atoms with van der Waals surface area (Å²) in [6.07, 6.45) is 0.893. The molecule has 2 aromatic rings. The molecule has 0 bridgehead atoms. The minimum Gasteiger partial charge on any atom is -0.449 e. The van der Waals surface area contributed by atoms with E-state index in [1.165, 1.54) is 0 Å². The molecular formula is C13H16N2O2S. The van der Waals surface area contributed by atoms with E-state index in [1.54, 1.807) is 23.5 Å². The highest BCUT2D eigenvalue weighted by Crippen LogP contribution is 2.23. The maximum atomic E-state index is 11.8. The molecule has 1 unspecified atom stereocenters. The van der Waals surface area contributed by atoms with Crippen LogP contribution in [0, 0.1) is 6.92 Å². The van der Waals surface area contributed by atoms with Crippen molar-refractivity contribution in [2.75, 3.05) is 0 Å². The van der Waals surface area contributed by atoms with E-state index >= 15 is 0 Å². The zero-order chi connectivity index (χ0) is 13.1. The largest absolute Gasteiger partial charge is 0.449 e. The molecule has 2 heterocycles. The van der Waals surface area contributed by atoms with Crippen molar-refractivity contribution in [1.82, 2.24) is 10.3 Å². The van der Waals surface area contributed by atoms with Gasteiger partial charge in [0.25, 0.3) is 5.91 Å². The maximum Gasteiger partial charge on any atom is 0.287 e. The van der Waals surface area contributed by atoms with Gasteiger partial charge in [0.1, 0.15) is 5.69 Å². The monoisotopic (exact) mass is 264 g/mol. The third-order valence-electron chi connectivity index (χ3n) is 2.69. The van der Waals surface area contributed by atoms with Gasteiger partial charge >= 0.3 is 0 Å². The number of nitrogens with one attached hydrogen (secondary N) is 1. The average Bonchev–Trinajstić information content (AvgIpc) is 2.96. The molecule has 0 fully saturated rings. The lowest BCUT2D eigenvalue weighted by Crippen LogP contribution is -2.31. The van der Waals surface area contributed by atoms with E-state index in [0.29, 0.717) is 11.5 Å². The molecule has 0 saturated heterocycles. The van der Waals surface area contributed by atoms with Gasteiger partial charge in [-0.3, -0.25) is 4.79 Å². The van der Waals surface area contributed by atoms with Crippen molar-refractivity contribution < 1.29 is 9.21 Å². The molecule has 1 N–H and O–H groups in total. The zero-order valence-electron chi connectivity index (χ0n) is 10.7. The van der Waals surface area contributed by atoms with E-state index in [9.17, 15) is 4.79 Å². The van der Waals surface area contributed by atoms with Crippen molar-refractivity contribution >= 4 is 17.2 Å². The van der Waals surface area contributed by atoms with Gasteiger partial charge in [-0.05, 0) is 32.4 Å². The Hall–Kier alpha value is -1.62. The van der Waals surface area contributed by atoms with E-state index in [0.717, 1.165) is 17.1 Å². The fourth-order valence-corrected chi connectivity index (χ4v) is 2.07. The van der Waals surface area contributed by atoms with Crippen LogP contribution in [0.25, 0.3) is 11.5 Å². The van der Waals surface area contributed by atoms with Crippen LogP contribution >= 0.6 is 11.3 Å². The van der Waals surface area contributed by atoms with Crippen LogP contribution < -0.4 is 5.32 Å². The van der Waals surface area contributed by atoms with Crippen LogP contribution in [0.5, 0.6) is 0 Å². The lowest BCUT2D eigenvalue weighted by atomic mass is 10.2. The van der Waals surface area contributed by atoms with Crippen LogP contribution in [0.3, 0.4) is 0 Å². The molecular weight excluding hydrogens is 248 g/mol. The minimum atomic E-state index is -0.178. The van der Waals surface area contributed by atoms with Crippen molar-refractivity contribution in [2.24, 2.45) is 0 Å². The third-order valence-corrected chi connectivity index (χ3v) is 3.46. The molecule has 0 saturated carbocycles. The Morgan fingerprint density at radius 1 is 1.56 bits per heavy atom. The summed E-state index contributed by atoms with van der Waals surface area (Å²) in [5.74, 6) is 0.784. The number of carbonyl (C=O) groups excluding carboxylic acids is 1. The first-order valence-electron chi connectivity index (χ1n) is 5.93. The highest BCUT2D eigenvalue weighted by atomic mass is 32.1. The molecule has 0 aliphatic heterocycles. The first-order chi connectivity index (χ1) is 8.60. The average molecular weight is 264 g/mol. The number of amides is 1. The zero-order valence-corrected chi connectivity index (χ0v) is 11.5. The van der Waals surface area contributed by atoms with E-state index in [1.807, 2.05) is 26.2 Å². The summed E-state index contributed by atoms with van der Waals surface area (Å²) >= 11 is 1.56. The molecule has 0 radical (unpaired) electrons. The molecule has 18 heavy (non-hydrogen) atoms. The molecule has 5 heteroatoms. The standard InChI is InChI=1S/C13H16N2O2S/c1-4-8(2)14-13(16)12-6-5-11(17-12)10-7-18-9(3)15-10/h5-8H,4H2,1-3H3,(H,14,16). The number of aromatic nitrogens is 1. The molecule has 1 atom stereocenters. The van der Waals surface area contributed by atoms with E-state index < -0.39 is 0 Å². The Balaban J connectivity index is 2.13. The molecule has 1 amide bonds. The second kappa shape index (κ2) is 5.35. The van der Waals surface area contributed by atoms with Crippen molar-refractivity contribution in [2.45, 2.75) is 33.2 Å². The van der Waals surface area contributed by atoms with Crippen molar-refractivity contribution in [3.8, 4) is 11.5 Å². The summed E-state index contributed by atoms with van der Waals surface area (Å²) < 4.78 is 5.52. The van der Waals surface area contributed by atoms with E-state index in [2.05, 4.69) is 10.3 Å². The van der Waals surface area contributed by atoms with Crippen LogP contribution in [0.4, 0.5) is 0 Å². The predicted molar refractivity (Wildman–Crippen MR) is 71.8 cm³/mol. The first kappa shape index (κ1) is 12.8. The van der Waals surface area contributed by atoms with Gasteiger partial charge < -0.3 is 9.73 Å². The highest BCUT2D eigenvalue weighted by Gasteiger charge is 2.14. The van der Waals surface area contributed by atoms with E-state index in [-0.39, 0.29) is 11.9 Å². The van der Waals surface area contributed by atoms with Crippen LogP contribution in [0.1, 0.15) is 35.8 Å². The lowest BCUT2D eigenvalue weighted by Gasteiger charge is -2.09. The Labute approximate surface area is 110 Å². The van der Waals surface area contributed by atoms with Gasteiger partial charge in [-0.25, -0.2) is 4.98 Å². The smallest absolute Gasteiger partial charge is 0.287 e. The number of aryl methyl sites for hydroxylation is 1. The molecule has 0 aliphatic carbocycles. The summed E-state index contributed by atoms with van der Waals surface area (Å²) in [5.41, 5.74) is 0.778. The molecule has 2 aromatic heterocycles. The van der Waals surface area contributed by atoms with Gasteiger partial charge in [-0.2, -0.15) is 0 Å². The van der Waals surface area contributed by atoms with Crippen LogP contribution in [0.15, 0.2) is 21.9 Å². The fraction of sp³-hybridized carbons (Fsp3) is 0.385. The van der Waals surface area contributed by atoms with E-state index in [4.69, 9.17) is 4.42 Å².